The summed E-state index contributed by atoms with van der Waals surface area (Å²) < 4.78 is 5.45. The van der Waals surface area contributed by atoms with Crippen LogP contribution in [0, 0.1) is 11.3 Å². The number of phenolic OH excluding ortho intramolecular Hbond substituents is 1. The molecule has 1 aliphatic rings. The molecular formula is C28H38N2O3. The molecule has 0 spiro atoms. The lowest BCUT2D eigenvalue weighted by Crippen LogP contribution is -2.32. The minimum absolute atomic E-state index is 0.0411. The molecule has 0 radical (unpaired) electrons. The van der Waals surface area contributed by atoms with E-state index in [1.807, 2.05) is 88.9 Å². The van der Waals surface area contributed by atoms with Crippen LogP contribution in [0.25, 0.3) is 0 Å². The minimum atomic E-state index is -0.303. The van der Waals surface area contributed by atoms with Crippen LogP contribution >= 0.6 is 0 Å². The first-order valence-electron chi connectivity index (χ1n) is 11.6. The molecule has 0 bridgehead atoms. The summed E-state index contributed by atoms with van der Waals surface area (Å²) in [5.41, 5.74) is 2.60. The Morgan fingerprint density at radius 3 is 2.09 bits per heavy atom. The third kappa shape index (κ3) is 5.30. The number of benzene rings is 2. The third-order valence-corrected chi connectivity index (χ3v) is 6.48. The van der Waals surface area contributed by atoms with E-state index in [1.54, 1.807) is 7.11 Å². The van der Waals surface area contributed by atoms with E-state index >= 15 is 0 Å². The zero-order valence-electron chi connectivity index (χ0n) is 21.0. The van der Waals surface area contributed by atoms with Gasteiger partial charge in [-0.15, -0.1) is 0 Å². The molecule has 5 heteroatoms. The van der Waals surface area contributed by atoms with Gasteiger partial charge in [0.1, 0.15) is 11.6 Å². The van der Waals surface area contributed by atoms with Gasteiger partial charge in [0.15, 0.2) is 5.78 Å². The fourth-order valence-electron chi connectivity index (χ4n) is 4.71. The Balaban J connectivity index is 1.93. The lowest BCUT2D eigenvalue weighted by Gasteiger charge is -2.28. The SMILES string of the molecule is COCC1CN(CC(=O)c2cc(C(C)(C)C)c(O)c(C(C)(C)C)c2)C(=N)C1c1ccccc1. The molecular weight excluding hydrogens is 412 g/mol. The van der Waals surface area contributed by atoms with Crippen molar-refractivity contribution in [1.29, 1.82) is 5.41 Å². The number of methoxy groups -OCH3 is 1. The number of nitrogens with one attached hydrogen (secondary N) is 1. The number of amidine groups is 1. The minimum Gasteiger partial charge on any atom is -0.507 e. The Bertz CT molecular complexity index is 981. The maximum Gasteiger partial charge on any atom is 0.182 e. The summed E-state index contributed by atoms with van der Waals surface area (Å²) in [6, 6.07) is 13.7. The number of ether oxygens (including phenoxy) is 1. The Morgan fingerprint density at radius 2 is 1.61 bits per heavy atom. The van der Waals surface area contributed by atoms with Crippen molar-refractivity contribution in [3.8, 4) is 5.75 Å². The zero-order valence-corrected chi connectivity index (χ0v) is 21.0. The quantitative estimate of drug-likeness (QED) is 0.569. The van der Waals surface area contributed by atoms with Gasteiger partial charge in [-0.25, -0.2) is 0 Å². The molecule has 2 atom stereocenters. The Kier molecular flexibility index (Phi) is 7.04. The van der Waals surface area contributed by atoms with Gasteiger partial charge >= 0.3 is 0 Å². The number of hydrogen-bond acceptors (Lipinski definition) is 4. The van der Waals surface area contributed by atoms with Crippen LogP contribution < -0.4 is 0 Å². The number of likely N-dealkylation sites (tertiary alicyclic amines) is 1. The molecule has 0 aliphatic carbocycles. The second-order valence-electron chi connectivity index (χ2n) is 11.2. The fraction of sp³-hybridized carbons (Fsp3) is 0.500. The van der Waals surface area contributed by atoms with Gasteiger partial charge in [0, 0.05) is 42.2 Å². The average Bonchev–Trinajstić information content (AvgIpc) is 3.02. The van der Waals surface area contributed by atoms with Crippen LogP contribution in [0.3, 0.4) is 0 Å². The molecule has 2 aromatic carbocycles. The highest BCUT2D eigenvalue weighted by Crippen LogP contribution is 2.40. The number of aromatic hydroxyl groups is 1. The number of phenols is 1. The molecule has 33 heavy (non-hydrogen) atoms. The van der Waals surface area contributed by atoms with Crippen molar-refractivity contribution in [3.63, 3.8) is 0 Å². The van der Waals surface area contributed by atoms with Gasteiger partial charge in [0.25, 0.3) is 0 Å². The number of rotatable bonds is 6. The largest absolute Gasteiger partial charge is 0.507 e. The summed E-state index contributed by atoms with van der Waals surface area (Å²) in [6.07, 6.45) is 0. The predicted octanol–water partition coefficient (Wildman–Crippen LogP) is 5.51. The number of carbonyl (C=O) groups is 1. The molecule has 2 N–H and O–H groups in total. The van der Waals surface area contributed by atoms with E-state index < -0.39 is 0 Å². The summed E-state index contributed by atoms with van der Waals surface area (Å²) in [5.74, 6) is 0.717. The molecule has 1 aliphatic heterocycles. The van der Waals surface area contributed by atoms with Gasteiger partial charge in [-0.05, 0) is 28.5 Å². The van der Waals surface area contributed by atoms with Crippen LogP contribution in [0.5, 0.6) is 5.75 Å². The summed E-state index contributed by atoms with van der Waals surface area (Å²) in [6.45, 7) is 13.5. The van der Waals surface area contributed by atoms with Gasteiger partial charge in [0.2, 0.25) is 0 Å². The van der Waals surface area contributed by atoms with E-state index in [2.05, 4.69) is 0 Å². The lowest BCUT2D eigenvalue weighted by molar-refractivity contribution is 0.0955. The zero-order chi connectivity index (χ0) is 24.6. The van der Waals surface area contributed by atoms with E-state index in [0.29, 0.717) is 24.6 Å². The molecule has 0 saturated carbocycles. The molecule has 3 rings (SSSR count). The van der Waals surface area contributed by atoms with Crippen molar-refractivity contribution < 1.29 is 14.6 Å². The summed E-state index contributed by atoms with van der Waals surface area (Å²) in [5, 5.41) is 19.8. The van der Waals surface area contributed by atoms with Crippen LogP contribution in [0.15, 0.2) is 42.5 Å². The van der Waals surface area contributed by atoms with E-state index in [-0.39, 0.29) is 40.7 Å². The van der Waals surface area contributed by atoms with Crippen LogP contribution in [-0.4, -0.2) is 48.4 Å². The van der Waals surface area contributed by atoms with Gasteiger partial charge in [-0.1, -0.05) is 71.9 Å². The Labute approximate surface area is 198 Å². The van der Waals surface area contributed by atoms with Gasteiger partial charge < -0.3 is 14.7 Å². The van der Waals surface area contributed by atoms with E-state index in [9.17, 15) is 9.90 Å². The molecule has 1 heterocycles. The predicted molar refractivity (Wildman–Crippen MR) is 134 cm³/mol. The first-order chi connectivity index (χ1) is 15.3. The maximum atomic E-state index is 13.5. The number of ketones is 1. The number of Topliss-reactive ketones (excluding diaryl/α,β-unsaturated/α-hetero) is 1. The molecule has 0 aromatic heterocycles. The van der Waals surface area contributed by atoms with E-state index in [1.165, 1.54) is 0 Å². The van der Waals surface area contributed by atoms with Crippen molar-refractivity contribution in [3.05, 3.63) is 64.7 Å². The van der Waals surface area contributed by atoms with Gasteiger partial charge in [-0.3, -0.25) is 10.2 Å². The monoisotopic (exact) mass is 450 g/mol. The molecule has 1 saturated heterocycles. The summed E-state index contributed by atoms with van der Waals surface area (Å²) >= 11 is 0. The molecule has 5 nitrogen and oxygen atoms in total. The van der Waals surface area contributed by atoms with Crippen molar-refractivity contribution in [1.82, 2.24) is 4.90 Å². The second kappa shape index (κ2) is 9.30. The lowest BCUT2D eigenvalue weighted by atomic mass is 9.78. The second-order valence-corrected chi connectivity index (χ2v) is 11.2. The standard InChI is InChI=1S/C28H38N2O3/c1-27(2,3)21-13-19(14-22(25(21)32)28(4,5)6)23(31)16-30-15-20(17-33-7)24(26(30)29)18-11-9-8-10-12-18/h8-14,20,24,29,32H,15-17H2,1-7H3. The topological polar surface area (TPSA) is 73.6 Å². The fourth-order valence-corrected chi connectivity index (χ4v) is 4.71. The first kappa shape index (κ1) is 25.0. The number of nitrogens with zero attached hydrogens (tertiary/aromatic N) is 1. The number of carbonyl (C=O) groups excluding carboxylic acids is 1. The van der Waals surface area contributed by atoms with E-state index in [4.69, 9.17) is 10.1 Å². The molecule has 0 amide bonds. The smallest absolute Gasteiger partial charge is 0.182 e. The average molecular weight is 451 g/mol. The maximum absolute atomic E-state index is 13.5. The highest BCUT2D eigenvalue weighted by atomic mass is 16.5. The summed E-state index contributed by atoms with van der Waals surface area (Å²) in [4.78, 5) is 15.4. The summed E-state index contributed by atoms with van der Waals surface area (Å²) in [7, 11) is 1.68. The number of hydrogen-bond donors (Lipinski definition) is 2. The van der Waals surface area contributed by atoms with Crippen molar-refractivity contribution in [2.24, 2.45) is 5.92 Å². The van der Waals surface area contributed by atoms with Crippen LogP contribution in [0.4, 0.5) is 0 Å². The van der Waals surface area contributed by atoms with Gasteiger partial charge in [-0.2, -0.15) is 0 Å². The first-order valence-corrected chi connectivity index (χ1v) is 11.6. The van der Waals surface area contributed by atoms with Crippen LogP contribution in [0.1, 0.15) is 74.5 Å². The highest BCUT2D eigenvalue weighted by Gasteiger charge is 2.39. The molecule has 2 unspecified atom stereocenters. The van der Waals surface area contributed by atoms with Crippen molar-refractivity contribution >= 4 is 11.6 Å². The Hall–Kier alpha value is -2.66. The van der Waals surface area contributed by atoms with Gasteiger partial charge in [0.05, 0.1) is 13.2 Å². The van der Waals surface area contributed by atoms with Crippen LogP contribution in [-0.2, 0) is 15.6 Å². The molecule has 1 fully saturated rings. The van der Waals surface area contributed by atoms with Crippen molar-refractivity contribution in [2.75, 3.05) is 26.8 Å². The molecule has 178 valence electrons. The highest BCUT2D eigenvalue weighted by molar-refractivity contribution is 6.01. The van der Waals surface area contributed by atoms with Crippen molar-refractivity contribution in [2.45, 2.75) is 58.3 Å². The molecule has 2 aromatic rings. The Morgan fingerprint density at radius 1 is 1.06 bits per heavy atom. The normalized spacial score (nSPS) is 19.2. The third-order valence-electron chi connectivity index (χ3n) is 6.48. The van der Waals surface area contributed by atoms with E-state index in [0.717, 1.165) is 16.7 Å². The van der Waals surface area contributed by atoms with Crippen LogP contribution in [0.2, 0.25) is 0 Å².